The minimum Gasteiger partial charge on any atom is -0.0885 e. The maximum Gasteiger partial charge on any atom is -0.0351 e. The van der Waals surface area contributed by atoms with Crippen LogP contribution in [0.4, 0.5) is 0 Å². The molecule has 0 bridgehead atoms. The minimum atomic E-state index is 0.944. The summed E-state index contributed by atoms with van der Waals surface area (Å²) in [4.78, 5) is 0. The Morgan fingerprint density at radius 3 is 1.21 bits per heavy atom. The molecule has 0 aliphatic rings. The van der Waals surface area contributed by atoms with Crippen molar-refractivity contribution in [3.8, 4) is 0 Å². The SMILES string of the molecule is CCCCCCCCCCC/C=C/CCCCCCCCCCCC(C)CC. The molecule has 0 aliphatic carbocycles. The molecular formula is C28H56. The molecule has 0 saturated carbocycles. The Hall–Kier alpha value is -0.260. The molecule has 0 spiro atoms. The zero-order valence-electron chi connectivity index (χ0n) is 20.3. The summed E-state index contributed by atoms with van der Waals surface area (Å²) in [6.45, 7) is 7.01. The Balaban J connectivity index is 3.08. The highest BCUT2D eigenvalue weighted by molar-refractivity contribution is 4.81. The average Bonchev–Trinajstić information content (AvgIpc) is 2.71. The standard InChI is InChI=1S/C28H56/c1-4-6-7-8-9-10-11-12-13-14-15-16-17-18-19-20-21-22-23-24-25-26-27-28(3)5-2/h15-16,28H,4-14,17-27H2,1-3H3/b16-15+. The monoisotopic (exact) mass is 392 g/mol. The lowest BCUT2D eigenvalue weighted by atomic mass is 9.99. The van der Waals surface area contributed by atoms with Gasteiger partial charge in [0.1, 0.15) is 0 Å². The highest BCUT2D eigenvalue weighted by Crippen LogP contribution is 2.15. The molecular weight excluding hydrogens is 336 g/mol. The average molecular weight is 393 g/mol. The van der Waals surface area contributed by atoms with Gasteiger partial charge >= 0.3 is 0 Å². The van der Waals surface area contributed by atoms with Gasteiger partial charge in [0, 0.05) is 0 Å². The lowest BCUT2D eigenvalue weighted by molar-refractivity contribution is 0.469. The van der Waals surface area contributed by atoms with Crippen LogP contribution >= 0.6 is 0 Å². The van der Waals surface area contributed by atoms with Crippen molar-refractivity contribution >= 4 is 0 Å². The van der Waals surface area contributed by atoms with Crippen molar-refractivity contribution in [2.24, 2.45) is 5.92 Å². The van der Waals surface area contributed by atoms with Gasteiger partial charge < -0.3 is 0 Å². The van der Waals surface area contributed by atoms with E-state index in [9.17, 15) is 0 Å². The Labute approximate surface area is 180 Å². The maximum absolute atomic E-state index is 2.45. The first-order chi connectivity index (χ1) is 13.8. The topological polar surface area (TPSA) is 0 Å². The highest BCUT2D eigenvalue weighted by atomic mass is 14.0. The van der Waals surface area contributed by atoms with Crippen LogP contribution in [0.1, 0.15) is 162 Å². The second-order valence-electron chi connectivity index (χ2n) is 9.36. The van der Waals surface area contributed by atoms with Crippen LogP contribution in [-0.4, -0.2) is 0 Å². The Kier molecular flexibility index (Phi) is 24.5. The fourth-order valence-electron chi connectivity index (χ4n) is 4.01. The van der Waals surface area contributed by atoms with E-state index in [1.165, 1.54) is 141 Å². The van der Waals surface area contributed by atoms with E-state index >= 15 is 0 Å². The smallest absolute Gasteiger partial charge is 0.0351 e. The van der Waals surface area contributed by atoms with Crippen LogP contribution < -0.4 is 0 Å². The summed E-state index contributed by atoms with van der Waals surface area (Å²) in [5.41, 5.74) is 0. The van der Waals surface area contributed by atoms with E-state index in [1.807, 2.05) is 0 Å². The van der Waals surface area contributed by atoms with E-state index in [1.54, 1.807) is 0 Å². The van der Waals surface area contributed by atoms with Crippen molar-refractivity contribution in [1.82, 2.24) is 0 Å². The van der Waals surface area contributed by atoms with Crippen LogP contribution in [-0.2, 0) is 0 Å². The zero-order valence-corrected chi connectivity index (χ0v) is 20.3. The molecule has 0 heteroatoms. The molecule has 0 aromatic carbocycles. The Bertz CT molecular complexity index is 290. The molecule has 0 amide bonds. The predicted molar refractivity (Wildman–Crippen MR) is 131 cm³/mol. The Morgan fingerprint density at radius 1 is 0.464 bits per heavy atom. The maximum atomic E-state index is 2.45. The first-order valence-corrected chi connectivity index (χ1v) is 13.5. The van der Waals surface area contributed by atoms with Crippen molar-refractivity contribution in [2.45, 2.75) is 162 Å². The summed E-state index contributed by atoms with van der Waals surface area (Å²) >= 11 is 0. The number of hydrogen-bond acceptors (Lipinski definition) is 0. The summed E-state index contributed by atoms with van der Waals surface area (Å²) in [5.74, 6) is 0.944. The van der Waals surface area contributed by atoms with Crippen LogP contribution in [0.3, 0.4) is 0 Å². The number of unbranched alkanes of at least 4 members (excludes halogenated alkanes) is 18. The van der Waals surface area contributed by atoms with Gasteiger partial charge in [0.2, 0.25) is 0 Å². The van der Waals surface area contributed by atoms with E-state index < -0.39 is 0 Å². The first-order valence-electron chi connectivity index (χ1n) is 13.5. The van der Waals surface area contributed by atoms with Gasteiger partial charge in [-0.2, -0.15) is 0 Å². The summed E-state index contributed by atoms with van der Waals surface area (Å²) < 4.78 is 0. The fourth-order valence-corrected chi connectivity index (χ4v) is 4.01. The van der Waals surface area contributed by atoms with Crippen molar-refractivity contribution in [3.63, 3.8) is 0 Å². The second kappa shape index (κ2) is 24.8. The third-order valence-corrected chi connectivity index (χ3v) is 6.41. The largest absolute Gasteiger partial charge is 0.0885 e. The van der Waals surface area contributed by atoms with Crippen LogP contribution in [0.15, 0.2) is 12.2 Å². The van der Waals surface area contributed by atoms with Crippen molar-refractivity contribution in [1.29, 1.82) is 0 Å². The van der Waals surface area contributed by atoms with E-state index in [0.717, 1.165) is 5.92 Å². The Morgan fingerprint density at radius 2 is 0.821 bits per heavy atom. The normalized spacial score (nSPS) is 12.8. The van der Waals surface area contributed by atoms with Crippen LogP contribution in [0.25, 0.3) is 0 Å². The summed E-state index contributed by atoms with van der Waals surface area (Å²) in [5, 5.41) is 0. The molecule has 0 nitrogen and oxygen atoms in total. The van der Waals surface area contributed by atoms with Gasteiger partial charge in [-0.15, -0.1) is 0 Å². The molecule has 0 heterocycles. The van der Waals surface area contributed by atoms with Crippen molar-refractivity contribution in [2.75, 3.05) is 0 Å². The van der Waals surface area contributed by atoms with Gasteiger partial charge in [0.05, 0.1) is 0 Å². The van der Waals surface area contributed by atoms with Gasteiger partial charge in [-0.3, -0.25) is 0 Å². The summed E-state index contributed by atoms with van der Waals surface area (Å²) in [6, 6.07) is 0. The third-order valence-electron chi connectivity index (χ3n) is 6.41. The fraction of sp³-hybridized carbons (Fsp3) is 0.929. The molecule has 0 aromatic rings. The molecule has 28 heavy (non-hydrogen) atoms. The van der Waals surface area contributed by atoms with Gasteiger partial charge in [0.25, 0.3) is 0 Å². The van der Waals surface area contributed by atoms with Gasteiger partial charge in [-0.25, -0.2) is 0 Å². The second-order valence-corrected chi connectivity index (χ2v) is 9.36. The number of rotatable bonds is 23. The molecule has 0 rings (SSSR count). The van der Waals surface area contributed by atoms with Gasteiger partial charge in [0.15, 0.2) is 0 Å². The first kappa shape index (κ1) is 27.7. The molecule has 0 radical (unpaired) electrons. The molecule has 1 atom stereocenters. The molecule has 0 saturated heterocycles. The van der Waals surface area contributed by atoms with Crippen molar-refractivity contribution in [3.05, 3.63) is 12.2 Å². The van der Waals surface area contributed by atoms with Crippen LogP contribution in [0.2, 0.25) is 0 Å². The third kappa shape index (κ3) is 23.8. The van der Waals surface area contributed by atoms with Crippen LogP contribution in [0.5, 0.6) is 0 Å². The molecule has 168 valence electrons. The van der Waals surface area contributed by atoms with E-state index in [4.69, 9.17) is 0 Å². The quantitative estimate of drug-likeness (QED) is 0.120. The lowest BCUT2D eigenvalue weighted by Crippen LogP contribution is -1.91. The molecule has 0 N–H and O–H groups in total. The summed E-state index contributed by atoms with van der Waals surface area (Å²) in [6.07, 6.45) is 36.4. The number of allylic oxidation sites excluding steroid dienone is 2. The highest BCUT2D eigenvalue weighted by Gasteiger charge is 1.98. The molecule has 0 aliphatic heterocycles. The molecule has 0 aromatic heterocycles. The van der Waals surface area contributed by atoms with E-state index in [0.29, 0.717) is 0 Å². The zero-order chi connectivity index (χ0) is 20.5. The predicted octanol–water partition coefficient (Wildman–Crippen LogP) is 10.8. The minimum absolute atomic E-state index is 0.944. The number of hydrogen-bond donors (Lipinski definition) is 0. The van der Waals surface area contributed by atoms with E-state index in [-0.39, 0.29) is 0 Å². The molecule has 1 unspecified atom stereocenters. The summed E-state index contributed by atoms with van der Waals surface area (Å²) in [7, 11) is 0. The lowest BCUT2D eigenvalue weighted by Gasteiger charge is -2.07. The van der Waals surface area contributed by atoms with Crippen LogP contribution in [0, 0.1) is 5.92 Å². The molecule has 0 fully saturated rings. The van der Waals surface area contributed by atoms with Crippen molar-refractivity contribution < 1.29 is 0 Å². The van der Waals surface area contributed by atoms with Gasteiger partial charge in [-0.1, -0.05) is 148 Å². The van der Waals surface area contributed by atoms with Gasteiger partial charge in [-0.05, 0) is 31.6 Å². The van der Waals surface area contributed by atoms with E-state index in [2.05, 4.69) is 32.9 Å².